The highest BCUT2D eigenvalue weighted by Gasteiger charge is 2.32. The van der Waals surface area contributed by atoms with Gasteiger partial charge in [-0.05, 0) is 62.5 Å². The number of nitrogens with zero attached hydrogens (tertiary/aromatic N) is 6. The molecule has 3 aliphatic rings. The molecule has 9 heteroatoms. The number of aromatic nitrogens is 4. The molecule has 0 radical (unpaired) electrons. The number of anilines is 2. The summed E-state index contributed by atoms with van der Waals surface area (Å²) in [6.45, 7) is 5.86. The Hall–Kier alpha value is -2.81. The fourth-order valence-corrected chi connectivity index (χ4v) is 5.57. The van der Waals surface area contributed by atoms with Crippen LogP contribution < -0.4 is 9.80 Å². The van der Waals surface area contributed by atoms with Crippen LogP contribution in [0, 0.1) is 11.8 Å². The summed E-state index contributed by atoms with van der Waals surface area (Å²) >= 11 is 0. The van der Waals surface area contributed by atoms with E-state index < -0.39 is 6.43 Å². The lowest BCUT2D eigenvalue weighted by Crippen LogP contribution is -2.41. The third kappa shape index (κ3) is 4.77. The molecule has 2 aliphatic carbocycles. The number of rotatable bonds is 7. The molecule has 1 aliphatic heterocycles. The Balaban J connectivity index is 1.48. The lowest BCUT2D eigenvalue weighted by atomic mass is 9.86. The van der Waals surface area contributed by atoms with Crippen molar-refractivity contribution in [3.63, 3.8) is 0 Å². The maximum absolute atomic E-state index is 14.2. The van der Waals surface area contributed by atoms with Crippen LogP contribution in [0.4, 0.5) is 20.5 Å². The zero-order valence-corrected chi connectivity index (χ0v) is 20.8. The number of fused-ring (bicyclic) bond motifs is 1. The van der Waals surface area contributed by atoms with Crippen molar-refractivity contribution in [2.24, 2.45) is 11.8 Å². The van der Waals surface area contributed by atoms with E-state index in [0.717, 1.165) is 31.1 Å². The highest BCUT2D eigenvalue weighted by molar-refractivity contribution is 5.78. The minimum Gasteiger partial charge on any atom is -0.378 e. The number of hydrogen-bond donors (Lipinski definition) is 0. The largest absolute Gasteiger partial charge is 0.378 e. The van der Waals surface area contributed by atoms with Crippen LogP contribution in [0.2, 0.25) is 0 Å². The summed E-state index contributed by atoms with van der Waals surface area (Å²) in [5.74, 6) is 3.02. The lowest BCUT2D eigenvalue weighted by Gasteiger charge is -2.38. The molecule has 2 aromatic heterocycles. The van der Waals surface area contributed by atoms with Gasteiger partial charge < -0.3 is 14.5 Å². The molecule has 1 saturated heterocycles. The first-order valence-corrected chi connectivity index (χ1v) is 13.3. The van der Waals surface area contributed by atoms with Crippen LogP contribution in [-0.2, 0) is 4.74 Å². The molecule has 0 bridgehead atoms. The van der Waals surface area contributed by atoms with Gasteiger partial charge in [-0.2, -0.15) is 9.97 Å². The van der Waals surface area contributed by atoms with E-state index in [4.69, 9.17) is 14.7 Å². The van der Waals surface area contributed by atoms with Crippen LogP contribution in [0.15, 0.2) is 30.3 Å². The van der Waals surface area contributed by atoms with E-state index >= 15 is 0 Å². The molecule has 3 fully saturated rings. The van der Waals surface area contributed by atoms with Crippen molar-refractivity contribution in [2.45, 2.75) is 57.9 Å². The molecule has 2 saturated carbocycles. The van der Waals surface area contributed by atoms with Crippen molar-refractivity contribution >= 4 is 22.8 Å². The van der Waals surface area contributed by atoms with Gasteiger partial charge in [0.25, 0.3) is 6.43 Å². The summed E-state index contributed by atoms with van der Waals surface area (Å²) in [4.78, 5) is 18.7. The van der Waals surface area contributed by atoms with Gasteiger partial charge in [-0.15, -0.1) is 0 Å². The molecule has 3 heterocycles. The Morgan fingerprint density at radius 1 is 1.00 bits per heavy atom. The van der Waals surface area contributed by atoms with E-state index in [1.54, 1.807) is 6.07 Å². The molecular formula is C27H34F2N6O. The highest BCUT2D eigenvalue weighted by atomic mass is 19.3. The molecule has 192 valence electrons. The number of para-hydroxylation sites is 2. The van der Waals surface area contributed by atoms with Crippen LogP contribution >= 0.6 is 0 Å². The lowest BCUT2D eigenvalue weighted by molar-refractivity contribution is 0.122. The zero-order chi connectivity index (χ0) is 24.6. The van der Waals surface area contributed by atoms with Gasteiger partial charge in [0, 0.05) is 31.7 Å². The Morgan fingerprint density at radius 2 is 1.75 bits per heavy atom. The predicted molar refractivity (Wildman–Crippen MR) is 136 cm³/mol. The standard InChI is InChI=1S/C27H34F2N6O/c1-18-6-10-20(11-7-18)34(17-19-8-9-19)23-16-24(32-27(31-23)33-12-14-36-15-13-33)35-22-5-3-2-4-21(22)30-26(35)25(28)29/h2-5,16,18-20,25H,6-15,17H2,1H3. The second-order valence-electron chi connectivity index (χ2n) is 10.6. The van der Waals surface area contributed by atoms with Gasteiger partial charge in [0.2, 0.25) is 5.95 Å². The summed E-state index contributed by atoms with van der Waals surface area (Å²) in [5.41, 5.74) is 1.17. The maximum atomic E-state index is 14.2. The van der Waals surface area contributed by atoms with Crippen LogP contribution in [0.1, 0.15) is 57.7 Å². The van der Waals surface area contributed by atoms with E-state index in [1.165, 1.54) is 30.3 Å². The van der Waals surface area contributed by atoms with E-state index in [0.29, 0.717) is 61.1 Å². The fourth-order valence-electron chi connectivity index (χ4n) is 5.57. The molecule has 1 aromatic carbocycles. The minimum absolute atomic E-state index is 0.283. The molecule has 3 aromatic rings. The van der Waals surface area contributed by atoms with Crippen molar-refractivity contribution in [3.05, 3.63) is 36.2 Å². The van der Waals surface area contributed by atoms with Crippen molar-refractivity contribution in [3.8, 4) is 5.82 Å². The van der Waals surface area contributed by atoms with E-state index in [-0.39, 0.29) is 5.82 Å². The number of morpholine rings is 1. The van der Waals surface area contributed by atoms with Gasteiger partial charge in [0.15, 0.2) is 5.82 Å². The normalized spacial score (nSPS) is 22.9. The van der Waals surface area contributed by atoms with E-state index in [1.807, 2.05) is 24.3 Å². The summed E-state index contributed by atoms with van der Waals surface area (Å²) in [6, 6.07) is 9.59. The number of ether oxygens (including phenoxy) is 1. The van der Waals surface area contributed by atoms with Crippen molar-refractivity contribution in [1.82, 2.24) is 19.5 Å². The average Bonchev–Trinajstić information content (AvgIpc) is 3.64. The SMILES string of the molecule is CC1CCC(N(CC2CC2)c2cc(-n3c(C(F)F)nc4ccccc43)nc(N3CCOCC3)n2)CC1. The van der Waals surface area contributed by atoms with Crippen LogP contribution in [0.25, 0.3) is 16.9 Å². The Morgan fingerprint density at radius 3 is 2.47 bits per heavy atom. The topological polar surface area (TPSA) is 59.3 Å². The minimum atomic E-state index is -2.72. The van der Waals surface area contributed by atoms with Crippen molar-refractivity contribution < 1.29 is 13.5 Å². The van der Waals surface area contributed by atoms with Gasteiger partial charge in [0.1, 0.15) is 11.6 Å². The Kier molecular flexibility index (Phi) is 6.50. The second-order valence-corrected chi connectivity index (χ2v) is 10.6. The first-order valence-electron chi connectivity index (χ1n) is 13.3. The average molecular weight is 497 g/mol. The predicted octanol–water partition coefficient (Wildman–Crippen LogP) is 5.38. The zero-order valence-electron chi connectivity index (χ0n) is 20.8. The van der Waals surface area contributed by atoms with Crippen molar-refractivity contribution in [1.29, 1.82) is 0 Å². The number of imidazole rings is 1. The van der Waals surface area contributed by atoms with Crippen LogP contribution in [-0.4, -0.2) is 58.4 Å². The molecule has 7 nitrogen and oxygen atoms in total. The third-order valence-corrected chi connectivity index (χ3v) is 7.86. The first kappa shape index (κ1) is 23.6. The highest BCUT2D eigenvalue weighted by Crippen LogP contribution is 2.37. The number of halogens is 2. The van der Waals surface area contributed by atoms with E-state index in [2.05, 4.69) is 21.7 Å². The van der Waals surface area contributed by atoms with Crippen LogP contribution in [0.3, 0.4) is 0 Å². The smallest absolute Gasteiger partial charge is 0.296 e. The van der Waals surface area contributed by atoms with Gasteiger partial charge in [0.05, 0.1) is 24.2 Å². The fraction of sp³-hybridized carbons (Fsp3) is 0.593. The van der Waals surface area contributed by atoms with Gasteiger partial charge in [-0.1, -0.05) is 19.1 Å². The first-order chi connectivity index (χ1) is 17.6. The van der Waals surface area contributed by atoms with Crippen molar-refractivity contribution in [2.75, 3.05) is 42.6 Å². The van der Waals surface area contributed by atoms with E-state index in [9.17, 15) is 8.78 Å². The Labute approximate surface area is 210 Å². The molecule has 0 amide bonds. The molecular weight excluding hydrogens is 462 g/mol. The molecule has 6 rings (SSSR count). The third-order valence-electron chi connectivity index (χ3n) is 7.86. The van der Waals surface area contributed by atoms with Crippen LogP contribution in [0.5, 0.6) is 0 Å². The number of alkyl halides is 2. The number of benzene rings is 1. The van der Waals surface area contributed by atoms with Gasteiger partial charge in [-0.25, -0.2) is 13.8 Å². The second kappa shape index (κ2) is 9.92. The molecule has 36 heavy (non-hydrogen) atoms. The number of hydrogen-bond acceptors (Lipinski definition) is 6. The molecule has 0 N–H and O–H groups in total. The molecule has 0 unspecified atom stereocenters. The summed E-state index contributed by atoms with van der Waals surface area (Å²) in [7, 11) is 0. The Bertz CT molecular complexity index is 1200. The molecule has 0 atom stereocenters. The summed E-state index contributed by atoms with van der Waals surface area (Å²) < 4.78 is 35.5. The maximum Gasteiger partial charge on any atom is 0.296 e. The van der Waals surface area contributed by atoms with Gasteiger partial charge >= 0.3 is 0 Å². The summed E-state index contributed by atoms with van der Waals surface area (Å²) in [5, 5.41) is 0. The van der Waals surface area contributed by atoms with Gasteiger partial charge in [-0.3, -0.25) is 4.57 Å². The quantitative estimate of drug-likeness (QED) is 0.438. The monoisotopic (exact) mass is 496 g/mol. The summed E-state index contributed by atoms with van der Waals surface area (Å²) in [6.07, 6.45) is 4.46. The molecule has 0 spiro atoms.